The van der Waals surface area contributed by atoms with Crippen LogP contribution >= 0.6 is 0 Å². The van der Waals surface area contributed by atoms with E-state index in [9.17, 15) is 19.5 Å². The van der Waals surface area contributed by atoms with Crippen molar-refractivity contribution in [1.82, 2.24) is 0 Å². The maximum absolute atomic E-state index is 12.5. The van der Waals surface area contributed by atoms with Gasteiger partial charge in [-0.3, -0.25) is 9.59 Å². The summed E-state index contributed by atoms with van der Waals surface area (Å²) >= 11 is 0. The second-order valence-electron chi connectivity index (χ2n) is 6.88. The second-order valence-corrected chi connectivity index (χ2v) is 6.88. The lowest BCUT2D eigenvalue weighted by atomic mass is 9.69. The monoisotopic (exact) mass is 347 g/mol. The van der Waals surface area contributed by atoms with E-state index in [4.69, 9.17) is 0 Å². The summed E-state index contributed by atoms with van der Waals surface area (Å²) in [7, 11) is 1.32. The Morgan fingerprint density at radius 3 is 2.40 bits per heavy atom. The van der Waals surface area contributed by atoms with Gasteiger partial charge in [0.2, 0.25) is 5.91 Å². The first-order valence-electron chi connectivity index (χ1n) is 8.56. The van der Waals surface area contributed by atoms with Crippen molar-refractivity contribution >= 4 is 23.5 Å². The number of benzene rings is 1. The highest BCUT2D eigenvalue weighted by atomic mass is 16.5. The fourth-order valence-electron chi connectivity index (χ4n) is 3.62. The van der Waals surface area contributed by atoms with Crippen LogP contribution in [0.5, 0.6) is 0 Å². The maximum Gasteiger partial charge on any atom is 0.337 e. The van der Waals surface area contributed by atoms with E-state index in [1.807, 2.05) is 0 Å². The van der Waals surface area contributed by atoms with Crippen molar-refractivity contribution in [3.63, 3.8) is 0 Å². The van der Waals surface area contributed by atoms with Crippen molar-refractivity contribution in [3.8, 4) is 0 Å². The summed E-state index contributed by atoms with van der Waals surface area (Å²) in [6.07, 6.45) is 4.80. The van der Waals surface area contributed by atoms with Crippen LogP contribution in [0, 0.1) is 12.3 Å². The van der Waals surface area contributed by atoms with Gasteiger partial charge in [0.05, 0.1) is 19.1 Å². The Balaban J connectivity index is 2.07. The van der Waals surface area contributed by atoms with Crippen molar-refractivity contribution in [2.24, 2.45) is 5.41 Å². The van der Waals surface area contributed by atoms with Gasteiger partial charge in [-0.15, -0.1) is 0 Å². The topological polar surface area (TPSA) is 92.7 Å². The minimum Gasteiger partial charge on any atom is -0.481 e. The molecule has 0 saturated heterocycles. The summed E-state index contributed by atoms with van der Waals surface area (Å²) in [4.78, 5) is 35.3. The van der Waals surface area contributed by atoms with E-state index in [0.29, 0.717) is 11.3 Å². The minimum atomic E-state index is -0.853. The summed E-state index contributed by atoms with van der Waals surface area (Å²) in [6, 6.07) is 4.93. The van der Waals surface area contributed by atoms with E-state index in [0.717, 1.165) is 37.7 Å². The van der Waals surface area contributed by atoms with Crippen LogP contribution in [-0.4, -0.2) is 30.1 Å². The highest BCUT2D eigenvalue weighted by Gasteiger charge is 2.36. The average molecular weight is 347 g/mol. The fourth-order valence-corrected chi connectivity index (χ4v) is 3.62. The third-order valence-electron chi connectivity index (χ3n) is 4.90. The van der Waals surface area contributed by atoms with Crippen LogP contribution in [0.25, 0.3) is 0 Å². The number of carbonyl (C=O) groups is 3. The molecule has 1 saturated carbocycles. The molecule has 0 atom stereocenters. The number of amides is 1. The number of ether oxygens (including phenoxy) is 1. The van der Waals surface area contributed by atoms with Gasteiger partial charge in [0.15, 0.2) is 0 Å². The number of esters is 1. The first-order valence-corrected chi connectivity index (χ1v) is 8.56. The van der Waals surface area contributed by atoms with Gasteiger partial charge in [0.25, 0.3) is 0 Å². The first kappa shape index (κ1) is 19.0. The van der Waals surface area contributed by atoms with Crippen molar-refractivity contribution in [3.05, 3.63) is 29.3 Å². The van der Waals surface area contributed by atoms with Crippen molar-refractivity contribution < 1.29 is 24.2 Å². The molecule has 1 aromatic rings. The number of anilines is 1. The molecule has 25 heavy (non-hydrogen) atoms. The highest BCUT2D eigenvalue weighted by Crippen LogP contribution is 2.42. The molecule has 1 aromatic carbocycles. The predicted molar refractivity (Wildman–Crippen MR) is 93.5 cm³/mol. The van der Waals surface area contributed by atoms with Gasteiger partial charge < -0.3 is 15.2 Å². The van der Waals surface area contributed by atoms with Crippen LogP contribution in [0.2, 0.25) is 0 Å². The second kappa shape index (κ2) is 8.14. The minimum absolute atomic E-state index is 0.0285. The van der Waals surface area contributed by atoms with Gasteiger partial charge in [0.1, 0.15) is 0 Å². The molecule has 0 heterocycles. The summed E-state index contributed by atoms with van der Waals surface area (Å²) in [6.45, 7) is 1.80. The van der Waals surface area contributed by atoms with E-state index in [1.165, 1.54) is 7.11 Å². The number of rotatable bonds is 6. The molecule has 6 heteroatoms. The number of carboxylic acids is 1. The Kier molecular flexibility index (Phi) is 6.17. The number of carboxylic acid groups (broad SMARTS) is 1. The Labute approximate surface area is 147 Å². The third-order valence-corrected chi connectivity index (χ3v) is 4.90. The van der Waals surface area contributed by atoms with Crippen LogP contribution in [0.4, 0.5) is 5.69 Å². The summed E-state index contributed by atoms with van der Waals surface area (Å²) in [5.41, 5.74) is 1.35. The van der Waals surface area contributed by atoms with Crippen molar-refractivity contribution in [2.75, 3.05) is 12.4 Å². The van der Waals surface area contributed by atoms with Crippen LogP contribution in [0.15, 0.2) is 18.2 Å². The zero-order chi connectivity index (χ0) is 18.4. The Hall–Kier alpha value is -2.37. The Bertz CT molecular complexity index is 662. The number of aryl methyl sites for hydroxylation is 1. The molecule has 1 fully saturated rings. The number of hydrogen-bond acceptors (Lipinski definition) is 4. The SMILES string of the molecule is COC(=O)c1ccc(NC(=O)CC2(CC(=O)O)CCCCC2)c(C)c1. The number of methoxy groups -OCH3 is 1. The van der Waals surface area contributed by atoms with Crippen LogP contribution in [0.1, 0.15) is 60.9 Å². The maximum atomic E-state index is 12.5. The number of carbonyl (C=O) groups excluding carboxylic acids is 2. The molecule has 1 aliphatic rings. The summed E-state index contributed by atoms with van der Waals surface area (Å²) in [5, 5.41) is 12.1. The molecule has 0 unspecified atom stereocenters. The molecule has 2 N–H and O–H groups in total. The quantitative estimate of drug-likeness (QED) is 0.768. The standard InChI is InChI=1S/C19H25NO5/c1-13-10-14(18(24)25-2)6-7-15(13)20-16(21)11-19(12-17(22)23)8-4-3-5-9-19/h6-7,10H,3-5,8-9,11-12H2,1-2H3,(H,20,21)(H,22,23). The Morgan fingerprint density at radius 1 is 1.16 bits per heavy atom. The molecule has 1 aliphatic carbocycles. The molecule has 136 valence electrons. The predicted octanol–water partition coefficient (Wildman–Crippen LogP) is 3.54. The molecule has 0 bridgehead atoms. The van der Waals surface area contributed by atoms with Gasteiger partial charge >= 0.3 is 11.9 Å². The van der Waals surface area contributed by atoms with Crippen LogP contribution < -0.4 is 5.32 Å². The zero-order valence-electron chi connectivity index (χ0n) is 14.8. The van der Waals surface area contributed by atoms with E-state index in [2.05, 4.69) is 10.1 Å². The molecule has 0 aromatic heterocycles. The van der Waals surface area contributed by atoms with E-state index >= 15 is 0 Å². The lowest BCUT2D eigenvalue weighted by molar-refractivity contribution is -0.140. The molecular weight excluding hydrogens is 322 g/mol. The van der Waals surface area contributed by atoms with Crippen LogP contribution in [0.3, 0.4) is 0 Å². The van der Waals surface area contributed by atoms with Gasteiger partial charge in [-0.25, -0.2) is 4.79 Å². The molecule has 0 radical (unpaired) electrons. The largest absolute Gasteiger partial charge is 0.481 e. The number of aliphatic carboxylic acids is 1. The molecular formula is C19H25NO5. The smallest absolute Gasteiger partial charge is 0.337 e. The van der Waals surface area contributed by atoms with Gasteiger partial charge in [-0.1, -0.05) is 19.3 Å². The van der Waals surface area contributed by atoms with Gasteiger partial charge in [0, 0.05) is 12.1 Å². The van der Waals surface area contributed by atoms with Crippen molar-refractivity contribution in [1.29, 1.82) is 0 Å². The molecule has 1 amide bonds. The normalized spacial score (nSPS) is 16.1. The van der Waals surface area contributed by atoms with E-state index < -0.39 is 17.4 Å². The molecule has 6 nitrogen and oxygen atoms in total. The number of hydrogen-bond donors (Lipinski definition) is 2. The van der Waals surface area contributed by atoms with Crippen molar-refractivity contribution in [2.45, 2.75) is 51.9 Å². The summed E-state index contributed by atoms with van der Waals surface area (Å²) in [5.74, 6) is -1.46. The van der Waals surface area contributed by atoms with Gasteiger partial charge in [-0.05, 0) is 48.9 Å². The Morgan fingerprint density at radius 2 is 1.84 bits per heavy atom. The first-order chi connectivity index (χ1) is 11.8. The summed E-state index contributed by atoms with van der Waals surface area (Å²) < 4.78 is 4.68. The lowest BCUT2D eigenvalue weighted by Gasteiger charge is -2.35. The number of nitrogens with one attached hydrogen (secondary N) is 1. The van der Waals surface area contributed by atoms with E-state index in [1.54, 1.807) is 25.1 Å². The fraction of sp³-hybridized carbons (Fsp3) is 0.526. The molecule has 2 rings (SSSR count). The molecule has 0 spiro atoms. The third kappa shape index (κ3) is 5.05. The van der Waals surface area contributed by atoms with E-state index in [-0.39, 0.29) is 18.7 Å². The lowest BCUT2D eigenvalue weighted by Crippen LogP contribution is -2.32. The highest BCUT2D eigenvalue weighted by molar-refractivity contribution is 5.94. The van der Waals surface area contributed by atoms with Crippen LogP contribution in [-0.2, 0) is 14.3 Å². The average Bonchev–Trinajstić information content (AvgIpc) is 2.55. The molecule has 0 aliphatic heterocycles. The zero-order valence-corrected chi connectivity index (χ0v) is 14.8. The van der Waals surface area contributed by atoms with Gasteiger partial charge in [-0.2, -0.15) is 0 Å².